The average Bonchev–Trinajstić information content (AvgIpc) is 2.37. The van der Waals surface area contributed by atoms with Gasteiger partial charge in [0.25, 0.3) is 0 Å². The molecule has 0 aliphatic heterocycles. The lowest BCUT2D eigenvalue weighted by Crippen LogP contribution is -2.22. The molecule has 0 aromatic rings. The maximum atomic E-state index is 8.51. The molecule has 0 aliphatic rings. The number of hydrogen-bond donors (Lipinski definition) is 3. The van der Waals surface area contributed by atoms with Crippen molar-refractivity contribution in [1.29, 1.82) is 0 Å². The largest absolute Gasteiger partial charge is 0.412 e. The van der Waals surface area contributed by atoms with E-state index < -0.39 is 0 Å². The minimum absolute atomic E-state index is 0. The smallest absolute Gasteiger partial charge is 0.0431 e. The quantitative estimate of drug-likeness (QED) is 0.444. The van der Waals surface area contributed by atoms with Gasteiger partial charge >= 0.3 is 0 Å². The third-order valence-corrected chi connectivity index (χ3v) is 3.23. The van der Waals surface area contributed by atoms with Crippen LogP contribution in [-0.2, 0) is 0 Å². The molecule has 0 aromatic heterocycles. The summed E-state index contributed by atoms with van der Waals surface area (Å²) < 4.78 is 0. The van der Waals surface area contributed by atoms with E-state index in [9.17, 15) is 0 Å². The summed E-state index contributed by atoms with van der Waals surface area (Å²) in [5.41, 5.74) is 0. The SMILES string of the molecule is CN[C@H](C)CCCCCCO.CN[C@H](C)CCl.O. The standard InChI is InChI=1S/C9H21NO.C4H10ClN.H2O/c1-9(10-2)7-5-3-4-6-8-11;1-4(3-5)6-2;/h9-11H,3-8H2,1-2H3;4,6H,3H2,1-2H3;1H2/t9-;4-;/m11./s1. The molecule has 114 valence electrons. The Balaban J connectivity index is -0.000000277. The lowest BCUT2D eigenvalue weighted by atomic mass is 10.1. The number of nitrogens with one attached hydrogen (secondary N) is 2. The van der Waals surface area contributed by atoms with Crippen LogP contribution in [0.2, 0.25) is 0 Å². The fourth-order valence-corrected chi connectivity index (χ4v) is 1.29. The van der Waals surface area contributed by atoms with Crippen LogP contribution in [0.15, 0.2) is 0 Å². The number of aliphatic hydroxyl groups excluding tert-OH is 1. The van der Waals surface area contributed by atoms with Gasteiger partial charge in [-0.3, -0.25) is 0 Å². The Morgan fingerprint density at radius 2 is 1.44 bits per heavy atom. The number of halogens is 1. The molecule has 0 saturated carbocycles. The number of aliphatic hydroxyl groups is 1. The third kappa shape index (κ3) is 21.4. The van der Waals surface area contributed by atoms with Crippen LogP contribution in [0.3, 0.4) is 0 Å². The summed E-state index contributed by atoms with van der Waals surface area (Å²) in [6.07, 6.45) is 5.93. The Bertz CT molecular complexity index is 136. The summed E-state index contributed by atoms with van der Waals surface area (Å²) in [4.78, 5) is 0. The molecule has 0 unspecified atom stereocenters. The van der Waals surface area contributed by atoms with E-state index >= 15 is 0 Å². The van der Waals surface area contributed by atoms with E-state index in [-0.39, 0.29) is 5.48 Å². The highest BCUT2D eigenvalue weighted by Gasteiger charge is 1.96. The van der Waals surface area contributed by atoms with Crippen molar-refractivity contribution < 1.29 is 10.6 Å². The minimum atomic E-state index is 0. The molecule has 5 N–H and O–H groups in total. The van der Waals surface area contributed by atoms with Gasteiger partial charge < -0.3 is 21.2 Å². The Kier molecular flexibility index (Phi) is 25.1. The molecular formula is C13H33ClN2O2. The average molecular weight is 285 g/mol. The molecule has 0 aromatic carbocycles. The molecule has 0 amide bonds. The molecule has 0 bridgehead atoms. The van der Waals surface area contributed by atoms with Gasteiger partial charge in [0.05, 0.1) is 0 Å². The van der Waals surface area contributed by atoms with E-state index in [2.05, 4.69) is 17.6 Å². The summed E-state index contributed by atoms with van der Waals surface area (Å²) in [6, 6.07) is 1.09. The Morgan fingerprint density at radius 1 is 0.944 bits per heavy atom. The van der Waals surface area contributed by atoms with Crippen molar-refractivity contribution in [2.75, 3.05) is 26.6 Å². The van der Waals surface area contributed by atoms with E-state index in [1.807, 2.05) is 21.0 Å². The highest BCUT2D eigenvalue weighted by molar-refractivity contribution is 6.18. The zero-order chi connectivity index (χ0) is 13.5. The summed E-state index contributed by atoms with van der Waals surface area (Å²) in [7, 11) is 3.89. The van der Waals surface area contributed by atoms with Gasteiger partial charge in [0, 0.05) is 24.6 Å². The van der Waals surface area contributed by atoms with Gasteiger partial charge in [-0.15, -0.1) is 11.6 Å². The molecule has 0 spiro atoms. The highest BCUT2D eigenvalue weighted by Crippen LogP contribution is 2.04. The monoisotopic (exact) mass is 284 g/mol. The Labute approximate surface area is 118 Å². The maximum absolute atomic E-state index is 8.51. The Morgan fingerprint density at radius 3 is 1.78 bits per heavy atom. The molecular weight excluding hydrogens is 252 g/mol. The summed E-state index contributed by atoms with van der Waals surface area (Å²) in [6.45, 7) is 4.58. The van der Waals surface area contributed by atoms with Gasteiger partial charge in [-0.2, -0.15) is 0 Å². The predicted octanol–water partition coefficient (Wildman–Crippen LogP) is 1.55. The van der Waals surface area contributed by atoms with E-state index in [0.29, 0.717) is 24.6 Å². The normalized spacial score (nSPS) is 13.0. The summed E-state index contributed by atoms with van der Waals surface area (Å²) >= 11 is 5.39. The first kappa shape index (κ1) is 23.2. The molecule has 0 fully saturated rings. The van der Waals surface area contributed by atoms with Gasteiger partial charge in [-0.05, 0) is 40.8 Å². The van der Waals surface area contributed by atoms with E-state index in [1.165, 1.54) is 25.7 Å². The third-order valence-electron chi connectivity index (χ3n) is 2.76. The second-order valence-corrected chi connectivity index (χ2v) is 4.77. The highest BCUT2D eigenvalue weighted by atomic mass is 35.5. The number of unbranched alkanes of at least 4 members (excludes halogenated alkanes) is 3. The fourth-order valence-electron chi connectivity index (χ4n) is 1.14. The molecule has 5 heteroatoms. The van der Waals surface area contributed by atoms with Gasteiger partial charge in [0.2, 0.25) is 0 Å². The van der Waals surface area contributed by atoms with E-state index in [4.69, 9.17) is 16.7 Å². The topological polar surface area (TPSA) is 75.8 Å². The minimum Gasteiger partial charge on any atom is -0.412 e. The fraction of sp³-hybridized carbons (Fsp3) is 1.00. The summed E-state index contributed by atoms with van der Waals surface area (Å²) in [5, 5.41) is 14.7. The predicted molar refractivity (Wildman–Crippen MR) is 81.5 cm³/mol. The first-order valence-corrected chi connectivity index (χ1v) is 7.17. The van der Waals surface area contributed by atoms with Crippen LogP contribution in [0.4, 0.5) is 0 Å². The van der Waals surface area contributed by atoms with Gasteiger partial charge in [-0.1, -0.05) is 19.3 Å². The van der Waals surface area contributed by atoms with Crippen LogP contribution in [0.5, 0.6) is 0 Å². The van der Waals surface area contributed by atoms with Crippen molar-refractivity contribution in [2.45, 2.75) is 58.0 Å². The van der Waals surface area contributed by atoms with Crippen LogP contribution in [0.25, 0.3) is 0 Å². The number of hydrogen-bond acceptors (Lipinski definition) is 3. The van der Waals surface area contributed by atoms with Crippen molar-refractivity contribution in [3.8, 4) is 0 Å². The number of alkyl halides is 1. The lowest BCUT2D eigenvalue weighted by molar-refractivity contribution is 0.282. The zero-order valence-electron chi connectivity index (χ0n) is 12.4. The first-order chi connectivity index (χ1) is 8.12. The lowest BCUT2D eigenvalue weighted by Gasteiger charge is -2.08. The molecule has 0 heterocycles. The molecule has 0 saturated heterocycles. The van der Waals surface area contributed by atoms with Gasteiger partial charge in [-0.25, -0.2) is 0 Å². The van der Waals surface area contributed by atoms with Crippen LogP contribution in [-0.4, -0.2) is 49.2 Å². The van der Waals surface area contributed by atoms with Crippen LogP contribution in [0, 0.1) is 0 Å². The second-order valence-electron chi connectivity index (χ2n) is 4.46. The van der Waals surface area contributed by atoms with Crippen molar-refractivity contribution in [3.63, 3.8) is 0 Å². The van der Waals surface area contributed by atoms with Crippen molar-refractivity contribution in [3.05, 3.63) is 0 Å². The molecule has 4 nitrogen and oxygen atoms in total. The van der Waals surface area contributed by atoms with Gasteiger partial charge in [0.1, 0.15) is 0 Å². The first-order valence-electron chi connectivity index (χ1n) is 6.63. The molecule has 0 radical (unpaired) electrons. The maximum Gasteiger partial charge on any atom is 0.0431 e. The molecule has 0 rings (SSSR count). The van der Waals surface area contributed by atoms with Crippen LogP contribution in [0.1, 0.15) is 46.0 Å². The van der Waals surface area contributed by atoms with Crippen molar-refractivity contribution in [2.24, 2.45) is 0 Å². The van der Waals surface area contributed by atoms with Crippen molar-refractivity contribution in [1.82, 2.24) is 10.6 Å². The van der Waals surface area contributed by atoms with E-state index in [1.54, 1.807) is 0 Å². The Hall–Kier alpha value is 0.130. The molecule has 18 heavy (non-hydrogen) atoms. The second kappa shape index (κ2) is 19.5. The summed E-state index contributed by atoms with van der Waals surface area (Å²) in [5.74, 6) is 0.691. The molecule has 2 atom stereocenters. The van der Waals surface area contributed by atoms with Crippen molar-refractivity contribution >= 4 is 11.6 Å². The zero-order valence-corrected chi connectivity index (χ0v) is 13.2. The van der Waals surface area contributed by atoms with Crippen LogP contribution >= 0.6 is 11.6 Å². The molecule has 0 aliphatic carbocycles. The van der Waals surface area contributed by atoms with Gasteiger partial charge in [0.15, 0.2) is 0 Å². The number of rotatable bonds is 9. The van der Waals surface area contributed by atoms with E-state index in [0.717, 1.165) is 6.42 Å². The van der Waals surface area contributed by atoms with Crippen LogP contribution < -0.4 is 10.6 Å².